The standard InChI is InChI=1S/C26H30N2O3S/c1-5-21-12-14-22(15-13-21)28(32(30,31)23-16-10-20(4)11-17-23)18-26(29)27-25-9-7-6-8-24(25)19(2)3/h6-17,19H,5,18H2,1-4H3,(H,27,29). The first-order chi connectivity index (χ1) is 15.2. The first-order valence-corrected chi connectivity index (χ1v) is 12.2. The Labute approximate surface area is 191 Å². The van der Waals surface area contributed by atoms with Gasteiger partial charge in [-0.15, -0.1) is 0 Å². The summed E-state index contributed by atoms with van der Waals surface area (Å²) in [5.74, 6) is -0.172. The lowest BCUT2D eigenvalue weighted by Crippen LogP contribution is -2.38. The molecule has 0 aliphatic rings. The Balaban J connectivity index is 1.95. The van der Waals surface area contributed by atoms with Crippen LogP contribution in [0.3, 0.4) is 0 Å². The average molecular weight is 451 g/mol. The van der Waals surface area contributed by atoms with E-state index in [9.17, 15) is 13.2 Å². The second-order valence-corrected chi connectivity index (χ2v) is 10.00. The van der Waals surface area contributed by atoms with Gasteiger partial charge in [0.25, 0.3) is 10.0 Å². The summed E-state index contributed by atoms with van der Waals surface area (Å²) in [7, 11) is -3.93. The molecule has 168 valence electrons. The van der Waals surface area contributed by atoms with E-state index in [-0.39, 0.29) is 17.4 Å². The summed E-state index contributed by atoms with van der Waals surface area (Å²) in [5.41, 5.74) is 4.21. The number of hydrogen-bond acceptors (Lipinski definition) is 3. The fourth-order valence-corrected chi connectivity index (χ4v) is 4.91. The maximum Gasteiger partial charge on any atom is 0.264 e. The highest BCUT2D eigenvalue weighted by Crippen LogP contribution is 2.26. The zero-order valence-corrected chi connectivity index (χ0v) is 19.8. The van der Waals surface area contributed by atoms with Gasteiger partial charge in [-0.05, 0) is 60.7 Å². The number of carbonyl (C=O) groups excluding carboxylic acids is 1. The van der Waals surface area contributed by atoms with E-state index in [4.69, 9.17) is 0 Å². The molecular weight excluding hydrogens is 420 g/mol. The molecule has 6 heteroatoms. The lowest BCUT2D eigenvalue weighted by atomic mass is 10.0. The number of rotatable bonds is 8. The van der Waals surface area contributed by atoms with Gasteiger partial charge in [-0.1, -0.05) is 68.8 Å². The summed E-state index contributed by atoms with van der Waals surface area (Å²) in [5, 5.41) is 2.90. The van der Waals surface area contributed by atoms with E-state index in [1.807, 2.05) is 50.2 Å². The molecule has 0 radical (unpaired) electrons. The minimum absolute atomic E-state index is 0.151. The van der Waals surface area contributed by atoms with Crippen LogP contribution < -0.4 is 9.62 Å². The number of nitrogens with one attached hydrogen (secondary N) is 1. The van der Waals surface area contributed by atoms with Crippen LogP contribution in [-0.4, -0.2) is 20.9 Å². The fourth-order valence-electron chi connectivity index (χ4n) is 3.48. The molecular formula is C26H30N2O3S. The van der Waals surface area contributed by atoms with Crippen LogP contribution >= 0.6 is 0 Å². The number of para-hydroxylation sites is 1. The molecule has 0 saturated heterocycles. The number of benzene rings is 3. The first-order valence-electron chi connectivity index (χ1n) is 10.8. The number of carbonyl (C=O) groups is 1. The third kappa shape index (κ3) is 5.37. The van der Waals surface area contributed by atoms with Crippen molar-refractivity contribution in [1.29, 1.82) is 0 Å². The van der Waals surface area contributed by atoms with Gasteiger partial charge in [0.2, 0.25) is 5.91 Å². The Morgan fingerprint density at radius 1 is 0.938 bits per heavy atom. The van der Waals surface area contributed by atoms with Crippen LogP contribution in [0.5, 0.6) is 0 Å². The smallest absolute Gasteiger partial charge is 0.264 e. The summed E-state index contributed by atoms with van der Waals surface area (Å²) in [6.07, 6.45) is 0.845. The lowest BCUT2D eigenvalue weighted by Gasteiger charge is -2.25. The van der Waals surface area contributed by atoms with Gasteiger partial charge in [-0.25, -0.2) is 8.42 Å². The molecule has 3 rings (SSSR count). The predicted octanol–water partition coefficient (Wildman–Crippen LogP) is 5.51. The molecule has 3 aromatic rings. The number of anilines is 2. The van der Waals surface area contributed by atoms with E-state index in [2.05, 4.69) is 19.2 Å². The normalized spacial score (nSPS) is 11.4. The van der Waals surface area contributed by atoms with Crippen LogP contribution in [0.4, 0.5) is 11.4 Å². The topological polar surface area (TPSA) is 66.5 Å². The summed E-state index contributed by atoms with van der Waals surface area (Å²) in [6, 6.07) is 21.5. The monoisotopic (exact) mass is 450 g/mol. The van der Waals surface area contributed by atoms with Crippen molar-refractivity contribution in [2.24, 2.45) is 0 Å². The highest BCUT2D eigenvalue weighted by Gasteiger charge is 2.27. The molecule has 0 atom stereocenters. The quantitative estimate of drug-likeness (QED) is 0.492. The fraction of sp³-hybridized carbons (Fsp3) is 0.269. The van der Waals surface area contributed by atoms with Gasteiger partial charge in [0.05, 0.1) is 10.6 Å². The van der Waals surface area contributed by atoms with Crippen molar-refractivity contribution < 1.29 is 13.2 Å². The molecule has 1 amide bonds. The van der Waals surface area contributed by atoms with Crippen molar-refractivity contribution in [2.75, 3.05) is 16.2 Å². The van der Waals surface area contributed by atoms with Crippen molar-refractivity contribution in [3.05, 3.63) is 89.5 Å². The number of hydrogen-bond donors (Lipinski definition) is 1. The Bertz CT molecular complexity index is 1170. The molecule has 1 N–H and O–H groups in total. The lowest BCUT2D eigenvalue weighted by molar-refractivity contribution is -0.114. The van der Waals surface area contributed by atoms with E-state index < -0.39 is 15.9 Å². The van der Waals surface area contributed by atoms with Gasteiger partial charge in [0.15, 0.2) is 0 Å². The molecule has 5 nitrogen and oxygen atoms in total. The SMILES string of the molecule is CCc1ccc(N(CC(=O)Nc2ccccc2C(C)C)S(=O)(=O)c2ccc(C)cc2)cc1. The summed E-state index contributed by atoms with van der Waals surface area (Å²) in [4.78, 5) is 13.2. The predicted molar refractivity (Wildman–Crippen MR) is 131 cm³/mol. The van der Waals surface area contributed by atoms with E-state index in [0.29, 0.717) is 11.4 Å². The molecule has 0 bridgehead atoms. The van der Waals surface area contributed by atoms with E-state index >= 15 is 0 Å². The van der Waals surface area contributed by atoms with Crippen LogP contribution in [0, 0.1) is 6.92 Å². The van der Waals surface area contributed by atoms with Crippen LogP contribution in [0.25, 0.3) is 0 Å². The van der Waals surface area contributed by atoms with Crippen LogP contribution in [-0.2, 0) is 21.2 Å². The van der Waals surface area contributed by atoms with Crippen molar-refractivity contribution in [3.63, 3.8) is 0 Å². The second kappa shape index (κ2) is 10.0. The van der Waals surface area contributed by atoms with Gasteiger partial charge in [0, 0.05) is 5.69 Å². The first kappa shape index (κ1) is 23.5. The Hall–Kier alpha value is -3.12. The molecule has 0 aromatic heterocycles. The van der Waals surface area contributed by atoms with Crippen LogP contribution in [0.1, 0.15) is 43.4 Å². The number of sulfonamides is 1. The zero-order chi connectivity index (χ0) is 23.3. The highest BCUT2D eigenvalue weighted by atomic mass is 32.2. The van der Waals surface area contributed by atoms with Gasteiger partial charge in [-0.2, -0.15) is 0 Å². The van der Waals surface area contributed by atoms with E-state index in [1.54, 1.807) is 36.4 Å². The van der Waals surface area contributed by atoms with Gasteiger partial charge in [-0.3, -0.25) is 9.10 Å². The van der Waals surface area contributed by atoms with Crippen molar-refractivity contribution in [3.8, 4) is 0 Å². The van der Waals surface area contributed by atoms with Crippen molar-refractivity contribution >= 4 is 27.3 Å². The average Bonchev–Trinajstić information content (AvgIpc) is 2.78. The number of nitrogens with zero attached hydrogens (tertiary/aromatic N) is 1. The molecule has 0 spiro atoms. The molecule has 0 saturated carbocycles. The van der Waals surface area contributed by atoms with Crippen LogP contribution in [0.15, 0.2) is 77.7 Å². The van der Waals surface area contributed by atoms with E-state index in [1.165, 1.54) is 4.31 Å². The van der Waals surface area contributed by atoms with Gasteiger partial charge < -0.3 is 5.32 Å². The molecule has 32 heavy (non-hydrogen) atoms. The van der Waals surface area contributed by atoms with Crippen molar-refractivity contribution in [2.45, 2.75) is 44.9 Å². The summed E-state index contributed by atoms with van der Waals surface area (Å²) in [6.45, 7) is 7.71. The highest BCUT2D eigenvalue weighted by molar-refractivity contribution is 7.92. The number of aryl methyl sites for hydroxylation is 2. The summed E-state index contributed by atoms with van der Waals surface area (Å²) < 4.78 is 28.2. The number of amides is 1. The largest absolute Gasteiger partial charge is 0.324 e. The van der Waals surface area contributed by atoms with Crippen LogP contribution in [0.2, 0.25) is 0 Å². The summed E-state index contributed by atoms with van der Waals surface area (Å²) >= 11 is 0. The Kier molecular flexibility index (Phi) is 7.36. The minimum Gasteiger partial charge on any atom is -0.324 e. The molecule has 0 aliphatic carbocycles. The van der Waals surface area contributed by atoms with Gasteiger partial charge in [0.1, 0.15) is 6.54 Å². The third-order valence-electron chi connectivity index (χ3n) is 5.39. The maximum absolute atomic E-state index is 13.5. The van der Waals surface area contributed by atoms with E-state index in [0.717, 1.165) is 23.1 Å². The molecule has 0 heterocycles. The Morgan fingerprint density at radius 3 is 2.16 bits per heavy atom. The molecule has 0 unspecified atom stereocenters. The maximum atomic E-state index is 13.5. The Morgan fingerprint density at radius 2 is 1.56 bits per heavy atom. The third-order valence-corrected chi connectivity index (χ3v) is 7.17. The van der Waals surface area contributed by atoms with Gasteiger partial charge >= 0.3 is 0 Å². The van der Waals surface area contributed by atoms with Crippen molar-refractivity contribution in [1.82, 2.24) is 0 Å². The molecule has 0 fully saturated rings. The molecule has 3 aromatic carbocycles. The second-order valence-electron chi connectivity index (χ2n) is 8.13. The minimum atomic E-state index is -3.93. The molecule has 0 aliphatic heterocycles. The zero-order valence-electron chi connectivity index (χ0n) is 19.0.